The van der Waals surface area contributed by atoms with E-state index in [2.05, 4.69) is 11.0 Å². The van der Waals surface area contributed by atoms with Crippen LogP contribution in [0.25, 0.3) is 6.08 Å². The molecule has 1 aromatic rings. The zero-order chi connectivity index (χ0) is 14.8. The molecule has 0 aliphatic carbocycles. The van der Waals surface area contributed by atoms with Gasteiger partial charge in [0, 0.05) is 18.2 Å². The Labute approximate surface area is 125 Å². The minimum absolute atomic E-state index is 0.0781. The summed E-state index contributed by atoms with van der Waals surface area (Å²) in [4.78, 5) is 13.6. The third kappa shape index (κ3) is 2.95. The molecule has 0 amide bonds. The number of ether oxygens (including phenoxy) is 1. The van der Waals surface area contributed by atoms with Crippen molar-refractivity contribution in [1.82, 2.24) is 4.90 Å². The van der Waals surface area contributed by atoms with Crippen molar-refractivity contribution in [3.63, 3.8) is 0 Å². The van der Waals surface area contributed by atoms with E-state index in [1.807, 2.05) is 31.2 Å². The third-order valence-electron chi connectivity index (χ3n) is 4.53. The van der Waals surface area contributed by atoms with E-state index >= 15 is 0 Å². The summed E-state index contributed by atoms with van der Waals surface area (Å²) < 4.78 is 5.78. The molecule has 0 unspecified atom stereocenters. The Hall–Kier alpha value is -1.81. The molecule has 2 aliphatic rings. The largest absolute Gasteiger partial charge is 0.489 e. The van der Waals surface area contributed by atoms with Gasteiger partial charge in [-0.15, -0.1) is 0 Å². The summed E-state index contributed by atoms with van der Waals surface area (Å²) in [5.41, 5.74) is 2.32. The van der Waals surface area contributed by atoms with Crippen LogP contribution in [0, 0.1) is 5.92 Å². The highest BCUT2D eigenvalue weighted by molar-refractivity contribution is 5.71. The van der Waals surface area contributed by atoms with Gasteiger partial charge < -0.3 is 9.84 Å². The maximum Gasteiger partial charge on any atom is 0.308 e. The maximum absolute atomic E-state index is 11.3. The summed E-state index contributed by atoms with van der Waals surface area (Å²) in [6, 6.07) is 8.09. The van der Waals surface area contributed by atoms with Gasteiger partial charge in [0.15, 0.2) is 0 Å². The molecule has 0 saturated carbocycles. The van der Waals surface area contributed by atoms with Crippen LogP contribution in [0.4, 0.5) is 0 Å². The topological polar surface area (TPSA) is 49.8 Å². The van der Waals surface area contributed by atoms with Crippen LogP contribution in [0.2, 0.25) is 0 Å². The second-order valence-electron chi connectivity index (χ2n) is 5.93. The maximum atomic E-state index is 11.3. The standard InChI is InChI=1S/C17H21NO3/c1-12-15(17(19)20)6-4-8-18(12)10-13-9-14-5-2-3-7-16(14)21-11-13/h2-3,5,7,9,12,15H,4,6,8,10-11H2,1H3,(H,19,20)/t12-,15-/m1/s1. The number of fused-ring (bicyclic) bond motifs is 1. The number of carboxylic acid groups (broad SMARTS) is 1. The van der Waals surface area contributed by atoms with Crippen LogP contribution < -0.4 is 4.74 Å². The lowest BCUT2D eigenvalue weighted by molar-refractivity contribution is -0.145. The molecule has 2 heterocycles. The van der Waals surface area contributed by atoms with Crippen LogP contribution in [0.3, 0.4) is 0 Å². The fourth-order valence-corrected chi connectivity index (χ4v) is 3.28. The molecule has 1 aromatic carbocycles. The number of para-hydroxylation sites is 1. The zero-order valence-corrected chi connectivity index (χ0v) is 12.3. The van der Waals surface area contributed by atoms with E-state index in [9.17, 15) is 9.90 Å². The Balaban J connectivity index is 1.72. The van der Waals surface area contributed by atoms with Crippen molar-refractivity contribution in [3.05, 3.63) is 35.4 Å². The number of piperidine rings is 1. The summed E-state index contributed by atoms with van der Waals surface area (Å²) in [5.74, 6) is -0.00100. The predicted molar refractivity (Wildman–Crippen MR) is 81.3 cm³/mol. The molecule has 3 rings (SSSR count). The van der Waals surface area contributed by atoms with Gasteiger partial charge in [-0.25, -0.2) is 0 Å². The molecule has 0 aromatic heterocycles. The number of rotatable bonds is 3. The number of benzene rings is 1. The lowest BCUT2D eigenvalue weighted by Gasteiger charge is -2.38. The van der Waals surface area contributed by atoms with E-state index in [0.717, 1.165) is 37.2 Å². The zero-order valence-electron chi connectivity index (χ0n) is 12.3. The van der Waals surface area contributed by atoms with E-state index in [0.29, 0.717) is 6.61 Å². The van der Waals surface area contributed by atoms with Gasteiger partial charge in [-0.3, -0.25) is 9.69 Å². The Morgan fingerprint density at radius 2 is 2.24 bits per heavy atom. The minimum atomic E-state index is -0.675. The number of hydrogen-bond acceptors (Lipinski definition) is 3. The van der Waals surface area contributed by atoms with Crippen molar-refractivity contribution in [2.24, 2.45) is 5.92 Å². The smallest absolute Gasteiger partial charge is 0.308 e. The molecule has 0 radical (unpaired) electrons. The predicted octanol–water partition coefficient (Wildman–Crippen LogP) is 2.65. The molecular formula is C17H21NO3. The van der Waals surface area contributed by atoms with Crippen LogP contribution in [0.1, 0.15) is 25.3 Å². The number of hydrogen-bond donors (Lipinski definition) is 1. The first-order chi connectivity index (χ1) is 10.1. The van der Waals surface area contributed by atoms with Gasteiger partial charge in [0.25, 0.3) is 0 Å². The normalized spacial score (nSPS) is 25.7. The summed E-state index contributed by atoms with van der Waals surface area (Å²) in [7, 11) is 0. The molecule has 2 aliphatic heterocycles. The Morgan fingerprint density at radius 3 is 3.05 bits per heavy atom. The first-order valence-corrected chi connectivity index (χ1v) is 7.53. The van der Waals surface area contributed by atoms with Crippen LogP contribution in [-0.2, 0) is 4.79 Å². The summed E-state index contributed by atoms with van der Waals surface area (Å²) in [6.45, 7) is 4.37. The average Bonchev–Trinajstić information content (AvgIpc) is 2.49. The minimum Gasteiger partial charge on any atom is -0.489 e. The molecule has 21 heavy (non-hydrogen) atoms. The number of nitrogens with zero attached hydrogens (tertiary/aromatic N) is 1. The van der Waals surface area contributed by atoms with Crippen LogP contribution in [0.15, 0.2) is 29.8 Å². The first kappa shape index (κ1) is 14.1. The Bertz CT molecular complexity index is 567. The van der Waals surface area contributed by atoms with Gasteiger partial charge in [-0.05, 0) is 44.0 Å². The average molecular weight is 287 g/mol. The highest BCUT2D eigenvalue weighted by atomic mass is 16.5. The molecular weight excluding hydrogens is 266 g/mol. The van der Waals surface area contributed by atoms with Crippen molar-refractivity contribution in [3.8, 4) is 5.75 Å². The highest BCUT2D eigenvalue weighted by Gasteiger charge is 2.33. The van der Waals surface area contributed by atoms with Gasteiger partial charge in [0.1, 0.15) is 12.4 Å². The number of likely N-dealkylation sites (tertiary alicyclic amines) is 1. The van der Waals surface area contributed by atoms with Gasteiger partial charge in [-0.1, -0.05) is 18.2 Å². The lowest BCUT2D eigenvalue weighted by atomic mass is 9.90. The molecule has 4 nitrogen and oxygen atoms in total. The van der Waals surface area contributed by atoms with Gasteiger partial charge >= 0.3 is 5.97 Å². The molecule has 2 atom stereocenters. The number of carbonyl (C=O) groups is 1. The molecule has 1 N–H and O–H groups in total. The first-order valence-electron chi connectivity index (χ1n) is 7.53. The van der Waals surface area contributed by atoms with Crippen molar-refractivity contribution < 1.29 is 14.6 Å². The Kier molecular flexibility index (Phi) is 3.97. The SMILES string of the molecule is C[C@@H]1[C@H](C(=O)O)CCCN1CC1=Cc2ccccc2OC1. The van der Waals surface area contributed by atoms with Crippen molar-refractivity contribution in [1.29, 1.82) is 0 Å². The lowest BCUT2D eigenvalue weighted by Crippen LogP contribution is -2.47. The van der Waals surface area contributed by atoms with E-state index < -0.39 is 5.97 Å². The second-order valence-corrected chi connectivity index (χ2v) is 5.93. The van der Waals surface area contributed by atoms with E-state index in [1.165, 1.54) is 5.57 Å². The Morgan fingerprint density at radius 1 is 1.43 bits per heavy atom. The van der Waals surface area contributed by atoms with Crippen LogP contribution in [-0.4, -0.2) is 41.7 Å². The van der Waals surface area contributed by atoms with Crippen LogP contribution >= 0.6 is 0 Å². The summed E-state index contributed by atoms with van der Waals surface area (Å²) in [6.07, 6.45) is 3.91. The second kappa shape index (κ2) is 5.90. The monoisotopic (exact) mass is 287 g/mol. The van der Waals surface area contributed by atoms with Gasteiger partial charge in [0.2, 0.25) is 0 Å². The summed E-state index contributed by atoms with van der Waals surface area (Å²) >= 11 is 0. The molecule has 4 heteroatoms. The van der Waals surface area contributed by atoms with Crippen LogP contribution in [0.5, 0.6) is 5.75 Å². The van der Waals surface area contributed by atoms with E-state index in [4.69, 9.17) is 4.74 Å². The van der Waals surface area contributed by atoms with Gasteiger partial charge in [-0.2, -0.15) is 0 Å². The quantitative estimate of drug-likeness (QED) is 0.928. The van der Waals surface area contributed by atoms with E-state index in [1.54, 1.807) is 0 Å². The fourth-order valence-electron chi connectivity index (χ4n) is 3.28. The molecule has 0 spiro atoms. The molecule has 1 saturated heterocycles. The van der Waals surface area contributed by atoms with Crippen molar-refractivity contribution in [2.75, 3.05) is 19.7 Å². The third-order valence-corrected chi connectivity index (χ3v) is 4.53. The van der Waals surface area contributed by atoms with Gasteiger partial charge in [0.05, 0.1) is 5.92 Å². The van der Waals surface area contributed by atoms with Crippen molar-refractivity contribution in [2.45, 2.75) is 25.8 Å². The molecule has 1 fully saturated rings. The van der Waals surface area contributed by atoms with E-state index in [-0.39, 0.29) is 12.0 Å². The number of carboxylic acids is 1. The molecule has 112 valence electrons. The van der Waals surface area contributed by atoms with Crippen molar-refractivity contribution >= 4 is 12.0 Å². The highest BCUT2D eigenvalue weighted by Crippen LogP contribution is 2.28. The fraction of sp³-hybridized carbons (Fsp3) is 0.471. The summed E-state index contributed by atoms with van der Waals surface area (Å²) in [5, 5.41) is 9.30. The molecule has 0 bridgehead atoms. The number of aliphatic carboxylic acids is 1.